The second-order valence-electron chi connectivity index (χ2n) is 14.1. The molecule has 5 aromatic rings. The number of methoxy groups -OCH3 is 1. The van der Waals surface area contributed by atoms with Gasteiger partial charge in [-0.15, -0.1) is 0 Å². The average molecular weight is 719 g/mol. The quantitative estimate of drug-likeness (QED) is 0.185. The van der Waals surface area contributed by atoms with Gasteiger partial charge in [0.2, 0.25) is 0 Å². The Labute approximate surface area is 312 Å². The van der Waals surface area contributed by atoms with E-state index in [1.54, 1.807) is 19.2 Å². The van der Waals surface area contributed by atoms with Crippen LogP contribution in [-0.4, -0.2) is 58.2 Å². The van der Waals surface area contributed by atoms with Crippen LogP contribution in [0.1, 0.15) is 59.9 Å². The van der Waals surface area contributed by atoms with Gasteiger partial charge < -0.3 is 29.7 Å². The molecular formula is C43H38N6O5. The van der Waals surface area contributed by atoms with Crippen molar-refractivity contribution in [2.45, 2.75) is 58.2 Å². The number of aromatic nitrogens is 1. The highest BCUT2D eigenvalue weighted by Gasteiger charge is 2.34. The van der Waals surface area contributed by atoms with E-state index in [4.69, 9.17) is 34.9 Å². The van der Waals surface area contributed by atoms with Crippen molar-refractivity contribution in [1.29, 1.82) is 0 Å². The first-order valence-corrected chi connectivity index (χ1v) is 18.0. The van der Waals surface area contributed by atoms with Crippen molar-refractivity contribution in [3.8, 4) is 17.2 Å². The lowest BCUT2D eigenvalue weighted by Gasteiger charge is -2.34. The summed E-state index contributed by atoms with van der Waals surface area (Å²) in [6, 6.07) is 26.7. The standard InChI is InChI=1S/C43H38N6O5/c1-25-12-35-37(45-19-33-14-26-6-3-4-7-28(26)21-48(33)42(35)50)17-39(25)53-23-31-8-5-9-32(47-31)24-54-41-18-38-36(16-40(41)52-2)43(51)49-22-29-13-30(44)11-10-27(29)15-34(49)20-46-38/h3-13,16-20,33-34H,14-15,21-24,44H2,1-2H3/t33-,34+/m1/s1. The molecule has 2 amide bonds. The Balaban J connectivity index is 0.885. The lowest BCUT2D eigenvalue weighted by Crippen LogP contribution is -2.44. The predicted octanol–water partition coefficient (Wildman–Crippen LogP) is 6.70. The summed E-state index contributed by atoms with van der Waals surface area (Å²) in [6.07, 6.45) is 5.13. The Morgan fingerprint density at radius 1 is 0.667 bits per heavy atom. The van der Waals surface area contributed by atoms with Gasteiger partial charge in [0.15, 0.2) is 11.5 Å². The number of benzene rings is 4. The number of carbonyl (C=O) groups is 2. The Bertz CT molecular complexity index is 2410. The van der Waals surface area contributed by atoms with Gasteiger partial charge in [-0.3, -0.25) is 24.6 Å². The number of aliphatic imine (C=N–C) groups is 2. The molecule has 1 aromatic heterocycles. The number of nitrogens with zero attached hydrogens (tertiary/aromatic N) is 5. The maximum absolute atomic E-state index is 13.8. The summed E-state index contributed by atoms with van der Waals surface area (Å²) in [7, 11) is 1.55. The summed E-state index contributed by atoms with van der Waals surface area (Å²) in [5, 5.41) is 0. The van der Waals surface area contributed by atoms with Crippen LogP contribution in [0, 0.1) is 6.92 Å². The number of pyridine rings is 1. The maximum atomic E-state index is 13.8. The molecule has 2 atom stereocenters. The second kappa shape index (κ2) is 13.5. The van der Waals surface area contributed by atoms with E-state index in [9.17, 15) is 9.59 Å². The Morgan fingerprint density at radius 2 is 1.26 bits per heavy atom. The molecule has 4 aromatic carbocycles. The third-order valence-electron chi connectivity index (χ3n) is 10.6. The number of nitrogens with two attached hydrogens (primary N) is 1. The first kappa shape index (κ1) is 33.4. The summed E-state index contributed by atoms with van der Waals surface area (Å²) < 4.78 is 18.2. The van der Waals surface area contributed by atoms with E-state index < -0.39 is 0 Å². The normalized spacial score (nSPS) is 18.0. The molecule has 0 radical (unpaired) electrons. The topological polar surface area (TPSA) is 132 Å². The number of fused-ring (bicyclic) bond motifs is 6. The van der Waals surface area contributed by atoms with E-state index in [1.807, 2.05) is 89.8 Å². The summed E-state index contributed by atoms with van der Waals surface area (Å²) in [5.41, 5.74) is 15.7. The first-order valence-electron chi connectivity index (χ1n) is 18.0. The summed E-state index contributed by atoms with van der Waals surface area (Å²) in [4.78, 5) is 45.5. The fourth-order valence-electron chi connectivity index (χ4n) is 7.73. The van der Waals surface area contributed by atoms with Crippen LogP contribution in [0.4, 0.5) is 17.1 Å². The Morgan fingerprint density at radius 3 is 1.94 bits per heavy atom. The van der Waals surface area contributed by atoms with E-state index in [2.05, 4.69) is 12.1 Å². The van der Waals surface area contributed by atoms with E-state index in [0.29, 0.717) is 76.3 Å². The lowest BCUT2D eigenvalue weighted by molar-refractivity contribution is 0.0696. The van der Waals surface area contributed by atoms with Crippen LogP contribution in [0.15, 0.2) is 94.9 Å². The van der Waals surface area contributed by atoms with Gasteiger partial charge in [-0.05, 0) is 84.0 Å². The van der Waals surface area contributed by atoms with Crippen molar-refractivity contribution in [1.82, 2.24) is 14.8 Å². The van der Waals surface area contributed by atoms with Gasteiger partial charge in [0.05, 0.1) is 53.1 Å². The summed E-state index contributed by atoms with van der Waals surface area (Å²) in [6.45, 7) is 3.32. The molecule has 270 valence electrons. The number of aryl methyl sites for hydroxylation is 1. The molecule has 5 heterocycles. The molecule has 0 spiro atoms. The van der Waals surface area contributed by atoms with Crippen LogP contribution in [-0.2, 0) is 39.1 Å². The van der Waals surface area contributed by atoms with Crippen molar-refractivity contribution >= 4 is 41.3 Å². The smallest absolute Gasteiger partial charge is 0.257 e. The molecule has 0 fully saturated rings. The minimum absolute atomic E-state index is 0.0247. The molecular weight excluding hydrogens is 681 g/mol. The van der Waals surface area contributed by atoms with Crippen molar-refractivity contribution < 1.29 is 23.8 Å². The number of hydrogen-bond acceptors (Lipinski definition) is 9. The van der Waals surface area contributed by atoms with Crippen molar-refractivity contribution in [3.05, 3.63) is 135 Å². The number of carbonyl (C=O) groups excluding carboxylic acids is 2. The number of anilines is 1. The molecule has 0 unspecified atom stereocenters. The molecule has 0 bridgehead atoms. The minimum Gasteiger partial charge on any atom is -0.493 e. The van der Waals surface area contributed by atoms with Crippen molar-refractivity contribution in [2.24, 2.45) is 9.98 Å². The molecule has 2 N–H and O–H groups in total. The highest BCUT2D eigenvalue weighted by Crippen LogP contribution is 2.39. The van der Waals surface area contributed by atoms with E-state index >= 15 is 0 Å². The van der Waals surface area contributed by atoms with Gasteiger partial charge >= 0.3 is 0 Å². The van der Waals surface area contributed by atoms with E-state index in [1.165, 1.54) is 16.7 Å². The number of ether oxygens (including phenoxy) is 3. The monoisotopic (exact) mass is 718 g/mol. The van der Waals surface area contributed by atoms with Gasteiger partial charge in [0, 0.05) is 43.3 Å². The predicted molar refractivity (Wildman–Crippen MR) is 205 cm³/mol. The van der Waals surface area contributed by atoms with Gasteiger partial charge in [-0.1, -0.05) is 36.4 Å². The van der Waals surface area contributed by atoms with E-state index in [0.717, 1.165) is 17.5 Å². The Hall–Kier alpha value is -6.49. The van der Waals surface area contributed by atoms with Crippen LogP contribution >= 0.6 is 0 Å². The fraction of sp³-hybridized carbons (Fsp3) is 0.233. The molecule has 0 saturated carbocycles. The number of amides is 2. The third-order valence-corrected chi connectivity index (χ3v) is 10.6. The molecule has 4 aliphatic heterocycles. The van der Waals surface area contributed by atoms with Crippen LogP contribution in [0.2, 0.25) is 0 Å². The van der Waals surface area contributed by atoms with Crippen LogP contribution in [0.5, 0.6) is 17.2 Å². The molecule has 0 saturated heterocycles. The third kappa shape index (κ3) is 6.11. The maximum Gasteiger partial charge on any atom is 0.257 e. The Kier molecular flexibility index (Phi) is 8.33. The molecule has 11 heteroatoms. The van der Waals surface area contributed by atoms with Crippen LogP contribution < -0.4 is 19.9 Å². The van der Waals surface area contributed by atoms with Gasteiger partial charge in [0.1, 0.15) is 19.0 Å². The summed E-state index contributed by atoms with van der Waals surface area (Å²) in [5.74, 6) is 1.38. The van der Waals surface area contributed by atoms with E-state index in [-0.39, 0.29) is 37.1 Å². The van der Waals surface area contributed by atoms with Crippen molar-refractivity contribution in [3.63, 3.8) is 0 Å². The first-order chi connectivity index (χ1) is 26.3. The van der Waals surface area contributed by atoms with Gasteiger partial charge in [-0.25, -0.2) is 0 Å². The van der Waals surface area contributed by atoms with Crippen LogP contribution in [0.3, 0.4) is 0 Å². The van der Waals surface area contributed by atoms with Gasteiger partial charge in [-0.2, -0.15) is 0 Å². The minimum atomic E-state index is -0.170. The highest BCUT2D eigenvalue weighted by atomic mass is 16.5. The number of hydrogen-bond donors (Lipinski definition) is 1. The molecule has 4 aliphatic rings. The lowest BCUT2D eigenvalue weighted by atomic mass is 9.93. The molecule has 11 nitrogen and oxygen atoms in total. The zero-order valence-corrected chi connectivity index (χ0v) is 30.0. The summed E-state index contributed by atoms with van der Waals surface area (Å²) >= 11 is 0. The molecule has 0 aliphatic carbocycles. The molecule has 9 rings (SSSR count). The largest absolute Gasteiger partial charge is 0.493 e. The number of nitrogen functional groups attached to an aromatic ring is 1. The average Bonchev–Trinajstić information content (AvgIpc) is 3.40. The number of rotatable bonds is 7. The highest BCUT2D eigenvalue weighted by molar-refractivity contribution is 6.04. The van der Waals surface area contributed by atoms with Crippen LogP contribution in [0.25, 0.3) is 0 Å². The van der Waals surface area contributed by atoms with Gasteiger partial charge in [0.25, 0.3) is 11.8 Å². The second-order valence-corrected chi connectivity index (χ2v) is 14.1. The SMILES string of the molecule is COc1cc2c(cc1OCc1cccc(COc3cc4c(cc3C)C(=O)N3Cc5ccccc5C[C@@H]3C=N4)n1)N=C[C@@H]1Cc3ccc(N)cc3CN1C2=O. The molecule has 54 heavy (non-hydrogen) atoms. The fourth-order valence-corrected chi connectivity index (χ4v) is 7.73. The zero-order chi connectivity index (χ0) is 36.9. The zero-order valence-electron chi connectivity index (χ0n) is 30.0. The van der Waals surface area contributed by atoms with Crippen molar-refractivity contribution in [2.75, 3.05) is 12.8 Å².